The topological polar surface area (TPSA) is 116 Å². The lowest BCUT2D eigenvalue weighted by Crippen LogP contribution is -2.42. The first kappa shape index (κ1) is 29.1. The lowest BCUT2D eigenvalue weighted by atomic mass is 10.0. The number of benzene rings is 3. The molecule has 0 radical (unpaired) electrons. The number of aromatic nitrogens is 1. The van der Waals surface area contributed by atoms with E-state index in [1.807, 2.05) is 12.3 Å². The zero-order chi connectivity index (χ0) is 28.3. The third kappa shape index (κ3) is 7.20. The molecule has 4 aromatic rings. The Morgan fingerprint density at radius 3 is 2.41 bits per heavy atom. The minimum atomic E-state index is -3.47. The second kappa shape index (κ2) is 12.1. The number of hydrogen-bond donors (Lipinski definition) is 3. The van der Waals surface area contributed by atoms with Gasteiger partial charge in [-0.05, 0) is 83.5 Å². The molecule has 0 spiro atoms. The predicted molar refractivity (Wildman–Crippen MR) is 158 cm³/mol. The van der Waals surface area contributed by atoms with Gasteiger partial charge in [-0.25, -0.2) is 13.2 Å². The van der Waals surface area contributed by atoms with Crippen LogP contribution in [-0.4, -0.2) is 55.5 Å². The Bertz CT molecular complexity index is 1630. The molecule has 0 saturated heterocycles. The Labute approximate surface area is 238 Å². The van der Waals surface area contributed by atoms with Gasteiger partial charge in [0.25, 0.3) is 5.91 Å². The van der Waals surface area contributed by atoms with Crippen molar-refractivity contribution in [3.63, 3.8) is 0 Å². The molecule has 2 atom stereocenters. The zero-order valence-corrected chi connectivity index (χ0v) is 24.5. The van der Waals surface area contributed by atoms with Gasteiger partial charge in [0, 0.05) is 24.4 Å². The monoisotopic (exact) mass is 604 g/mol. The zero-order valence-electron chi connectivity index (χ0n) is 21.2. The van der Waals surface area contributed by atoms with Crippen LogP contribution in [0.5, 0.6) is 0 Å². The number of hydrogen-bond acceptors (Lipinski definition) is 4. The highest BCUT2D eigenvalue weighted by Gasteiger charge is 2.25. The van der Waals surface area contributed by atoms with Crippen molar-refractivity contribution in [1.29, 1.82) is 0 Å². The van der Waals surface area contributed by atoms with Gasteiger partial charge in [-0.3, -0.25) is 4.79 Å². The number of amides is 1. The van der Waals surface area contributed by atoms with Crippen molar-refractivity contribution >= 4 is 69.0 Å². The number of H-pyrrole nitrogens is 1. The summed E-state index contributed by atoms with van der Waals surface area (Å²) in [5.74, 6) is -1.99. The molecule has 1 aromatic heterocycles. The van der Waals surface area contributed by atoms with Gasteiger partial charge in [-0.2, -0.15) is 0 Å². The van der Waals surface area contributed by atoms with Crippen LogP contribution in [0.25, 0.3) is 10.9 Å². The maximum Gasteiger partial charge on any atom is 0.326 e. The Hall–Kier alpha value is -2.90. The molecule has 3 aromatic carbocycles. The lowest BCUT2D eigenvalue weighted by Gasteiger charge is -2.17. The molecule has 0 aliphatic rings. The van der Waals surface area contributed by atoms with E-state index in [4.69, 9.17) is 23.2 Å². The van der Waals surface area contributed by atoms with Gasteiger partial charge in [-0.15, -0.1) is 0 Å². The summed E-state index contributed by atoms with van der Waals surface area (Å²) in [5.41, 5.74) is 2.42. The molecule has 1 heterocycles. The summed E-state index contributed by atoms with van der Waals surface area (Å²) in [6.07, 6.45) is 4.48. The third-order valence-corrected chi connectivity index (χ3v) is 10.2. The minimum Gasteiger partial charge on any atom is -0.480 e. The van der Waals surface area contributed by atoms with Gasteiger partial charge in [0.15, 0.2) is 9.84 Å². The van der Waals surface area contributed by atoms with E-state index in [1.54, 1.807) is 18.2 Å². The molecule has 2 unspecified atom stereocenters. The summed E-state index contributed by atoms with van der Waals surface area (Å²) in [4.78, 5) is 28.2. The number of aryl methyl sites for hydroxylation is 1. The van der Waals surface area contributed by atoms with Crippen LogP contribution < -0.4 is 10.6 Å². The highest BCUT2D eigenvalue weighted by Crippen LogP contribution is 2.33. The summed E-state index contributed by atoms with van der Waals surface area (Å²) < 4.78 is 23.7. The maximum atomic E-state index is 13.0. The van der Waals surface area contributed by atoms with E-state index in [0.717, 1.165) is 23.5 Å². The number of carbonyl (C=O) groups is 2. The van der Waals surface area contributed by atoms with E-state index in [0.29, 0.717) is 12.0 Å². The van der Waals surface area contributed by atoms with E-state index >= 15 is 0 Å². The number of carbonyl (C=O) groups excluding carboxylic acids is 1. The van der Waals surface area contributed by atoms with Crippen molar-refractivity contribution < 1.29 is 23.1 Å². The largest absolute Gasteiger partial charge is 0.480 e. The van der Waals surface area contributed by atoms with E-state index < -0.39 is 35.7 Å². The average molecular weight is 605 g/mol. The average Bonchev–Trinajstić information content (AvgIpc) is 3.34. The molecule has 0 saturated carbocycles. The first-order valence-electron chi connectivity index (χ1n) is 12.0. The molecule has 0 fully saturated rings. The Morgan fingerprint density at radius 2 is 1.74 bits per heavy atom. The highest BCUT2D eigenvalue weighted by molar-refractivity contribution is 7.90. The van der Waals surface area contributed by atoms with Crippen LogP contribution >= 0.6 is 31.1 Å². The summed E-state index contributed by atoms with van der Waals surface area (Å²) in [5, 5.41) is 14.9. The molecule has 11 heteroatoms. The van der Waals surface area contributed by atoms with Gasteiger partial charge in [0.1, 0.15) is 6.04 Å². The minimum absolute atomic E-state index is 0.00473. The lowest BCUT2D eigenvalue weighted by molar-refractivity contribution is -0.139. The standard InChI is InChI=1S/C28H27Cl2N2O5PS/c1-38(20-6-7-24-19(16-20)8-10-31-24)11-9-18-13-22(29)26(23(30)14-18)27(33)32-25(28(34)35)15-17-4-3-5-21(12-17)39(2,36)37/h3-8,10,12-14,16,25,31H,9,11,15H2,1-2H3,(H,32,33)(H,34,35). The van der Waals surface area contributed by atoms with E-state index in [9.17, 15) is 23.1 Å². The van der Waals surface area contributed by atoms with E-state index in [2.05, 4.69) is 35.2 Å². The van der Waals surface area contributed by atoms with Gasteiger partial charge in [-0.1, -0.05) is 49.3 Å². The summed E-state index contributed by atoms with van der Waals surface area (Å²) in [7, 11) is -3.89. The van der Waals surface area contributed by atoms with Crippen LogP contribution in [0.3, 0.4) is 0 Å². The fourth-order valence-electron chi connectivity index (χ4n) is 4.26. The summed E-state index contributed by atoms with van der Waals surface area (Å²) in [6.45, 7) is 2.21. The quantitative estimate of drug-likeness (QED) is 0.213. The van der Waals surface area contributed by atoms with Crippen LogP contribution in [0.2, 0.25) is 10.0 Å². The maximum absolute atomic E-state index is 13.0. The number of nitrogens with one attached hydrogen (secondary N) is 2. The number of halogens is 2. The molecule has 1 amide bonds. The van der Waals surface area contributed by atoms with Crippen molar-refractivity contribution in [2.45, 2.75) is 23.8 Å². The Kier molecular flexibility index (Phi) is 9.02. The molecular formula is C28H27Cl2N2O5PS. The molecule has 0 bridgehead atoms. The van der Waals surface area contributed by atoms with Crippen LogP contribution in [-0.2, 0) is 27.5 Å². The number of fused-ring (bicyclic) bond motifs is 1. The molecule has 4 rings (SSSR count). The molecule has 7 nitrogen and oxygen atoms in total. The second-order valence-corrected chi connectivity index (χ2v) is 14.5. The van der Waals surface area contributed by atoms with Gasteiger partial charge < -0.3 is 15.4 Å². The molecule has 0 aliphatic carbocycles. The number of aromatic amines is 1. The number of sulfone groups is 1. The first-order chi connectivity index (χ1) is 18.4. The first-order valence-corrected chi connectivity index (χ1v) is 16.6. The summed E-state index contributed by atoms with van der Waals surface area (Å²) in [6, 6.07) is 16.5. The van der Waals surface area contributed by atoms with Crippen LogP contribution in [0, 0.1) is 0 Å². The van der Waals surface area contributed by atoms with Gasteiger partial charge in [0.2, 0.25) is 0 Å². The molecule has 204 valence electrons. The Balaban J connectivity index is 1.45. The smallest absolute Gasteiger partial charge is 0.326 e. The number of carboxylic acid groups (broad SMARTS) is 1. The number of rotatable bonds is 10. The van der Waals surface area contributed by atoms with Crippen molar-refractivity contribution in [1.82, 2.24) is 10.3 Å². The fourth-order valence-corrected chi connectivity index (χ4v) is 7.20. The highest BCUT2D eigenvalue weighted by atomic mass is 35.5. The van der Waals surface area contributed by atoms with Crippen LogP contribution in [0.1, 0.15) is 21.5 Å². The van der Waals surface area contributed by atoms with Gasteiger partial charge in [0.05, 0.1) is 20.5 Å². The van der Waals surface area contributed by atoms with Gasteiger partial charge >= 0.3 is 5.97 Å². The number of aliphatic carboxylic acids is 1. The molecular weight excluding hydrogens is 578 g/mol. The van der Waals surface area contributed by atoms with Crippen molar-refractivity contribution in [2.24, 2.45) is 0 Å². The third-order valence-electron chi connectivity index (χ3n) is 6.41. The van der Waals surface area contributed by atoms with Crippen molar-refractivity contribution in [3.05, 3.63) is 93.6 Å². The van der Waals surface area contributed by atoms with E-state index in [1.165, 1.54) is 28.9 Å². The van der Waals surface area contributed by atoms with Crippen LogP contribution in [0.15, 0.2) is 71.8 Å². The summed E-state index contributed by atoms with van der Waals surface area (Å²) >= 11 is 12.9. The predicted octanol–water partition coefficient (Wildman–Crippen LogP) is 5.28. The van der Waals surface area contributed by atoms with Crippen molar-refractivity contribution in [2.75, 3.05) is 19.1 Å². The van der Waals surface area contributed by atoms with E-state index in [-0.39, 0.29) is 26.9 Å². The molecule has 3 N–H and O–H groups in total. The molecule has 39 heavy (non-hydrogen) atoms. The normalized spacial score (nSPS) is 13.2. The number of carboxylic acids is 1. The second-order valence-electron chi connectivity index (χ2n) is 9.34. The van der Waals surface area contributed by atoms with Crippen LogP contribution in [0.4, 0.5) is 0 Å². The SMILES string of the molecule is CP(CCc1cc(Cl)c(C(=O)NC(Cc2cccc(S(C)(=O)=O)c2)C(=O)O)c(Cl)c1)c1ccc2[nH]ccc2c1. The fraction of sp³-hybridized carbons (Fsp3) is 0.214. The molecule has 0 aliphatic heterocycles. The Morgan fingerprint density at radius 1 is 1.03 bits per heavy atom. The van der Waals surface area contributed by atoms with Crippen molar-refractivity contribution in [3.8, 4) is 0 Å².